The topological polar surface area (TPSA) is 65.4 Å². The molecule has 0 saturated carbocycles. The number of carbonyl (C=O) groups excluding carboxylic acids is 1. The van der Waals surface area contributed by atoms with Crippen molar-refractivity contribution in [3.8, 4) is 11.5 Å². The largest absolute Gasteiger partial charge is 0.497 e. The van der Waals surface area contributed by atoms with Gasteiger partial charge in [-0.05, 0) is 37.8 Å². The van der Waals surface area contributed by atoms with Crippen LogP contribution < -0.4 is 14.8 Å². The molecule has 0 aliphatic heterocycles. The number of hydrogen-bond acceptors (Lipinski definition) is 4. The first-order valence-corrected chi connectivity index (χ1v) is 9.08. The number of aromatic nitrogens is 2. The molecule has 0 atom stereocenters. The third-order valence-electron chi connectivity index (χ3n) is 4.58. The number of amides is 1. The van der Waals surface area contributed by atoms with E-state index in [1.54, 1.807) is 24.3 Å². The molecule has 0 bridgehead atoms. The van der Waals surface area contributed by atoms with Crippen molar-refractivity contribution in [3.05, 3.63) is 41.2 Å². The minimum atomic E-state index is -4.46. The molecular weight excluding hydrogens is 375 g/mol. The monoisotopic (exact) mass is 397 g/mol. The summed E-state index contributed by atoms with van der Waals surface area (Å²) in [7, 11) is 1.53. The lowest BCUT2D eigenvalue weighted by atomic mass is 9.95. The number of benzene rings is 1. The maximum atomic E-state index is 13.2. The van der Waals surface area contributed by atoms with Crippen LogP contribution in [0.4, 0.5) is 13.2 Å². The quantitative estimate of drug-likeness (QED) is 0.780. The van der Waals surface area contributed by atoms with Gasteiger partial charge in [-0.25, -0.2) is 0 Å². The Bertz CT molecular complexity index is 834. The summed E-state index contributed by atoms with van der Waals surface area (Å²) in [5.41, 5.74) is 0.127. The van der Waals surface area contributed by atoms with E-state index in [0.717, 1.165) is 12.8 Å². The van der Waals surface area contributed by atoms with Gasteiger partial charge < -0.3 is 14.8 Å². The number of fused-ring (bicyclic) bond motifs is 1. The van der Waals surface area contributed by atoms with Crippen LogP contribution in [0.2, 0.25) is 0 Å². The van der Waals surface area contributed by atoms with Crippen molar-refractivity contribution in [3.63, 3.8) is 0 Å². The zero-order valence-corrected chi connectivity index (χ0v) is 15.5. The van der Waals surface area contributed by atoms with Crippen LogP contribution in [0.25, 0.3) is 0 Å². The van der Waals surface area contributed by atoms with Gasteiger partial charge in [-0.2, -0.15) is 18.3 Å². The highest BCUT2D eigenvalue weighted by molar-refractivity contribution is 5.77. The lowest BCUT2D eigenvalue weighted by molar-refractivity contribution is -0.142. The normalized spacial score (nSPS) is 13.7. The second-order valence-electron chi connectivity index (χ2n) is 6.52. The highest BCUT2D eigenvalue weighted by atomic mass is 19.4. The van der Waals surface area contributed by atoms with E-state index in [4.69, 9.17) is 9.47 Å². The Morgan fingerprint density at radius 1 is 1.25 bits per heavy atom. The van der Waals surface area contributed by atoms with Crippen LogP contribution >= 0.6 is 0 Å². The molecule has 1 aliphatic carbocycles. The van der Waals surface area contributed by atoms with Crippen LogP contribution in [0.1, 0.15) is 29.8 Å². The second-order valence-corrected chi connectivity index (χ2v) is 6.52. The molecule has 1 aromatic heterocycles. The summed E-state index contributed by atoms with van der Waals surface area (Å²) in [6, 6.07) is 6.85. The number of nitrogens with one attached hydrogen (secondary N) is 1. The fourth-order valence-corrected chi connectivity index (χ4v) is 3.28. The van der Waals surface area contributed by atoms with Crippen molar-refractivity contribution >= 4 is 5.91 Å². The van der Waals surface area contributed by atoms with E-state index < -0.39 is 11.9 Å². The molecule has 0 unspecified atom stereocenters. The molecule has 1 N–H and O–H groups in total. The maximum absolute atomic E-state index is 13.2. The Kier molecular flexibility index (Phi) is 6.11. The van der Waals surface area contributed by atoms with Gasteiger partial charge in [0.25, 0.3) is 5.91 Å². The van der Waals surface area contributed by atoms with Gasteiger partial charge >= 0.3 is 6.18 Å². The summed E-state index contributed by atoms with van der Waals surface area (Å²) in [6.45, 7) is 0.160. The number of carbonyl (C=O) groups is 1. The molecule has 3 rings (SSSR count). The standard InChI is InChI=1S/C19H22F3N3O3/c1-27-13-5-4-6-14(11-13)28-12-17(26)23-9-10-25-16-8-3-2-7-15(16)18(24-25)19(20,21)22/h4-6,11H,2-3,7-10,12H2,1H3,(H,23,26). The lowest BCUT2D eigenvalue weighted by Gasteiger charge is -2.15. The van der Waals surface area contributed by atoms with Gasteiger partial charge in [0, 0.05) is 23.9 Å². The van der Waals surface area contributed by atoms with Crippen molar-refractivity contribution in [2.75, 3.05) is 20.3 Å². The van der Waals surface area contributed by atoms with E-state index in [-0.39, 0.29) is 25.6 Å². The first-order valence-electron chi connectivity index (χ1n) is 9.08. The average Bonchev–Trinajstić information content (AvgIpc) is 3.06. The van der Waals surface area contributed by atoms with Crippen LogP contribution in [0, 0.1) is 0 Å². The van der Waals surface area contributed by atoms with Crippen molar-refractivity contribution in [2.24, 2.45) is 0 Å². The van der Waals surface area contributed by atoms with Gasteiger partial charge in [0.1, 0.15) is 11.5 Å². The lowest BCUT2D eigenvalue weighted by Crippen LogP contribution is -2.32. The highest BCUT2D eigenvalue weighted by Gasteiger charge is 2.39. The number of ether oxygens (including phenoxy) is 2. The summed E-state index contributed by atoms with van der Waals surface area (Å²) < 4.78 is 51.4. The molecule has 1 aromatic carbocycles. The molecule has 1 aliphatic rings. The molecule has 0 saturated heterocycles. The molecule has 1 amide bonds. The van der Waals surface area contributed by atoms with Crippen LogP contribution in [-0.2, 0) is 30.4 Å². The van der Waals surface area contributed by atoms with Crippen molar-refractivity contribution < 1.29 is 27.4 Å². The molecule has 0 fully saturated rings. The molecule has 1 heterocycles. The third kappa shape index (κ3) is 4.76. The predicted molar refractivity (Wildman–Crippen MR) is 95.4 cm³/mol. The van der Waals surface area contributed by atoms with Crippen molar-refractivity contribution in [1.29, 1.82) is 0 Å². The van der Waals surface area contributed by atoms with E-state index in [2.05, 4.69) is 10.4 Å². The Labute approximate surface area is 160 Å². The van der Waals surface area contributed by atoms with Gasteiger partial charge in [0.05, 0.1) is 13.7 Å². The summed E-state index contributed by atoms with van der Waals surface area (Å²) in [5, 5.41) is 6.42. The molecule has 9 heteroatoms. The number of hydrogen-bond donors (Lipinski definition) is 1. The number of nitrogens with zero attached hydrogens (tertiary/aromatic N) is 2. The van der Waals surface area contributed by atoms with E-state index in [1.807, 2.05) is 0 Å². The second kappa shape index (κ2) is 8.53. The Balaban J connectivity index is 1.53. The van der Waals surface area contributed by atoms with E-state index >= 15 is 0 Å². The van der Waals surface area contributed by atoms with Gasteiger partial charge in [0.2, 0.25) is 0 Å². The number of methoxy groups -OCH3 is 1. The third-order valence-corrected chi connectivity index (χ3v) is 4.58. The summed E-state index contributed by atoms with van der Waals surface area (Å²) in [6.07, 6.45) is -1.91. The van der Waals surface area contributed by atoms with Gasteiger partial charge in [-0.1, -0.05) is 6.07 Å². The Morgan fingerprint density at radius 3 is 2.75 bits per heavy atom. The summed E-state index contributed by atoms with van der Waals surface area (Å²) in [5.74, 6) is 0.743. The average molecular weight is 397 g/mol. The Morgan fingerprint density at radius 2 is 2.00 bits per heavy atom. The number of halogens is 3. The fraction of sp³-hybridized carbons (Fsp3) is 0.474. The maximum Gasteiger partial charge on any atom is 0.435 e. The molecule has 6 nitrogen and oxygen atoms in total. The minimum Gasteiger partial charge on any atom is -0.497 e. The molecule has 0 radical (unpaired) electrons. The van der Waals surface area contributed by atoms with Crippen molar-refractivity contribution in [2.45, 2.75) is 38.4 Å². The summed E-state index contributed by atoms with van der Waals surface area (Å²) in [4.78, 5) is 11.9. The first-order chi connectivity index (χ1) is 13.4. The minimum absolute atomic E-state index is 0.172. The molecular formula is C19H22F3N3O3. The first kappa shape index (κ1) is 20.0. The SMILES string of the molecule is COc1cccc(OCC(=O)NCCn2nc(C(F)(F)F)c3c2CCCC3)c1. The molecule has 0 spiro atoms. The predicted octanol–water partition coefficient (Wildman–Crippen LogP) is 2.98. The Hall–Kier alpha value is -2.71. The number of alkyl halides is 3. The number of rotatable bonds is 7. The van der Waals surface area contributed by atoms with Gasteiger partial charge in [-0.15, -0.1) is 0 Å². The molecule has 28 heavy (non-hydrogen) atoms. The van der Waals surface area contributed by atoms with Gasteiger partial charge in [0.15, 0.2) is 12.3 Å². The fourth-order valence-electron chi connectivity index (χ4n) is 3.28. The van der Waals surface area contributed by atoms with Crippen LogP contribution in [-0.4, -0.2) is 35.9 Å². The molecule has 2 aromatic rings. The smallest absolute Gasteiger partial charge is 0.435 e. The highest BCUT2D eigenvalue weighted by Crippen LogP contribution is 2.35. The van der Waals surface area contributed by atoms with E-state index in [1.165, 1.54) is 11.8 Å². The zero-order chi connectivity index (χ0) is 20.1. The van der Waals surface area contributed by atoms with Crippen LogP contribution in [0.5, 0.6) is 11.5 Å². The van der Waals surface area contributed by atoms with Gasteiger partial charge in [-0.3, -0.25) is 9.48 Å². The van der Waals surface area contributed by atoms with Crippen LogP contribution in [0.15, 0.2) is 24.3 Å². The molecule has 152 valence electrons. The van der Waals surface area contributed by atoms with Crippen LogP contribution in [0.3, 0.4) is 0 Å². The van der Waals surface area contributed by atoms with E-state index in [9.17, 15) is 18.0 Å². The van der Waals surface area contributed by atoms with E-state index in [0.29, 0.717) is 35.6 Å². The van der Waals surface area contributed by atoms with Crippen molar-refractivity contribution in [1.82, 2.24) is 15.1 Å². The summed E-state index contributed by atoms with van der Waals surface area (Å²) >= 11 is 0. The zero-order valence-electron chi connectivity index (χ0n) is 15.5.